The molecule has 1 amide bonds. The second-order valence-electron chi connectivity index (χ2n) is 3.86. The maximum Gasteiger partial charge on any atom is 0.239 e. The molecule has 0 saturated heterocycles. The highest BCUT2D eigenvalue weighted by Gasteiger charge is 2.16. The first-order chi connectivity index (χ1) is 7.82. The van der Waals surface area contributed by atoms with Gasteiger partial charge in [-0.1, -0.05) is 0 Å². The van der Waals surface area contributed by atoms with Gasteiger partial charge in [-0.2, -0.15) is 0 Å². The number of hydrogen-bond donors (Lipinski definition) is 1. The second-order valence-corrected chi connectivity index (χ2v) is 3.86. The van der Waals surface area contributed by atoms with Crippen LogP contribution < -0.4 is 5.73 Å². The predicted molar refractivity (Wildman–Crippen MR) is 56.4 cm³/mol. The number of likely N-dealkylation sites (N-methyl/N-ethyl adjacent to an activating group) is 1. The van der Waals surface area contributed by atoms with Gasteiger partial charge in [0.15, 0.2) is 17.5 Å². The van der Waals surface area contributed by atoms with Crippen molar-refractivity contribution < 1.29 is 18.0 Å². The molecule has 0 aliphatic rings. The first-order valence-electron chi connectivity index (χ1n) is 4.97. The average Bonchev–Trinajstić information content (AvgIpc) is 2.24. The Kier molecular flexibility index (Phi) is 4.11. The van der Waals surface area contributed by atoms with E-state index in [1.807, 2.05) is 0 Å². The summed E-state index contributed by atoms with van der Waals surface area (Å²) in [4.78, 5) is 12.6. The zero-order chi connectivity index (χ0) is 13.2. The van der Waals surface area contributed by atoms with Crippen molar-refractivity contribution in [2.75, 3.05) is 7.05 Å². The van der Waals surface area contributed by atoms with E-state index in [9.17, 15) is 18.0 Å². The van der Waals surface area contributed by atoms with Crippen LogP contribution in [0.2, 0.25) is 0 Å². The zero-order valence-corrected chi connectivity index (χ0v) is 9.51. The van der Waals surface area contributed by atoms with Gasteiger partial charge >= 0.3 is 0 Å². The number of carbonyl (C=O) groups is 1. The fourth-order valence-electron chi connectivity index (χ4n) is 1.40. The van der Waals surface area contributed by atoms with Crippen LogP contribution in [0, 0.1) is 17.5 Å². The molecule has 0 bridgehead atoms. The van der Waals surface area contributed by atoms with Crippen LogP contribution in [0.4, 0.5) is 13.2 Å². The number of nitrogens with zero attached hydrogens (tertiary/aromatic N) is 1. The molecule has 1 rings (SSSR count). The Balaban J connectivity index is 2.86. The van der Waals surface area contributed by atoms with Crippen molar-refractivity contribution in [1.29, 1.82) is 0 Å². The van der Waals surface area contributed by atoms with Crippen molar-refractivity contribution in [1.82, 2.24) is 4.90 Å². The molecular formula is C11H13F3N2O. The largest absolute Gasteiger partial charge is 0.340 e. The fourth-order valence-corrected chi connectivity index (χ4v) is 1.40. The molecular weight excluding hydrogens is 233 g/mol. The number of halogens is 3. The van der Waals surface area contributed by atoms with Gasteiger partial charge in [0, 0.05) is 13.6 Å². The van der Waals surface area contributed by atoms with E-state index < -0.39 is 23.5 Å². The Bertz CT molecular complexity index is 412. The first-order valence-corrected chi connectivity index (χ1v) is 4.97. The standard InChI is InChI=1S/C11H13F3N2O/c1-6(15)11(17)16(2)5-7-3-8(12)10(14)9(13)4-7/h3-4,6H,5,15H2,1-2H3/t6-/m1/s1. The molecule has 0 spiro atoms. The minimum Gasteiger partial charge on any atom is -0.340 e. The number of benzene rings is 1. The van der Waals surface area contributed by atoms with E-state index in [1.165, 1.54) is 18.9 Å². The molecule has 0 aliphatic heterocycles. The van der Waals surface area contributed by atoms with E-state index in [0.29, 0.717) is 0 Å². The monoisotopic (exact) mass is 246 g/mol. The van der Waals surface area contributed by atoms with Crippen LogP contribution in [0.1, 0.15) is 12.5 Å². The molecule has 2 N–H and O–H groups in total. The zero-order valence-electron chi connectivity index (χ0n) is 9.51. The van der Waals surface area contributed by atoms with E-state index >= 15 is 0 Å². The lowest BCUT2D eigenvalue weighted by Gasteiger charge is -2.19. The van der Waals surface area contributed by atoms with Gasteiger partial charge < -0.3 is 10.6 Å². The summed E-state index contributed by atoms with van der Waals surface area (Å²) < 4.78 is 38.5. The molecule has 0 saturated carbocycles. The molecule has 0 heterocycles. The fraction of sp³-hybridized carbons (Fsp3) is 0.364. The Hall–Kier alpha value is -1.56. The molecule has 0 fully saturated rings. The highest BCUT2D eigenvalue weighted by atomic mass is 19.2. The minimum atomic E-state index is -1.52. The molecule has 0 aromatic heterocycles. The quantitative estimate of drug-likeness (QED) is 0.820. The topological polar surface area (TPSA) is 46.3 Å². The van der Waals surface area contributed by atoms with Crippen molar-refractivity contribution in [2.24, 2.45) is 5.73 Å². The number of carbonyl (C=O) groups excluding carboxylic acids is 1. The van der Waals surface area contributed by atoms with E-state index in [4.69, 9.17) is 5.73 Å². The van der Waals surface area contributed by atoms with Crippen LogP contribution in [-0.4, -0.2) is 23.9 Å². The Labute approximate surface area is 97.0 Å². The molecule has 17 heavy (non-hydrogen) atoms. The molecule has 0 unspecified atom stereocenters. The number of hydrogen-bond acceptors (Lipinski definition) is 2. The molecule has 94 valence electrons. The summed E-state index contributed by atoms with van der Waals surface area (Å²) in [7, 11) is 1.45. The van der Waals surface area contributed by atoms with Gasteiger partial charge in [-0.05, 0) is 24.6 Å². The van der Waals surface area contributed by atoms with Gasteiger partial charge in [0.25, 0.3) is 0 Å². The smallest absolute Gasteiger partial charge is 0.239 e. The summed E-state index contributed by atoms with van der Waals surface area (Å²) >= 11 is 0. The number of nitrogens with two attached hydrogens (primary N) is 1. The van der Waals surface area contributed by atoms with E-state index in [2.05, 4.69) is 0 Å². The summed E-state index contributed by atoms with van der Waals surface area (Å²) in [6.07, 6.45) is 0. The maximum atomic E-state index is 12.9. The van der Waals surface area contributed by atoms with Crippen LogP contribution in [0.15, 0.2) is 12.1 Å². The normalized spacial score (nSPS) is 12.4. The van der Waals surface area contributed by atoms with Gasteiger partial charge in [-0.15, -0.1) is 0 Å². The van der Waals surface area contributed by atoms with E-state index in [1.54, 1.807) is 0 Å². The lowest BCUT2D eigenvalue weighted by molar-refractivity contribution is -0.131. The van der Waals surface area contributed by atoms with Crippen LogP contribution in [0.3, 0.4) is 0 Å². The molecule has 1 atom stereocenters. The number of rotatable bonds is 3. The third-order valence-corrected chi connectivity index (χ3v) is 2.23. The average molecular weight is 246 g/mol. The lowest BCUT2D eigenvalue weighted by atomic mass is 10.2. The SMILES string of the molecule is C[C@@H](N)C(=O)N(C)Cc1cc(F)c(F)c(F)c1. The Morgan fingerprint density at radius 3 is 2.24 bits per heavy atom. The van der Waals surface area contributed by atoms with Crippen LogP contribution >= 0.6 is 0 Å². The van der Waals surface area contributed by atoms with E-state index in [-0.39, 0.29) is 18.0 Å². The van der Waals surface area contributed by atoms with Gasteiger partial charge in [0.2, 0.25) is 5.91 Å². The van der Waals surface area contributed by atoms with Crippen molar-refractivity contribution in [3.05, 3.63) is 35.1 Å². The molecule has 1 aromatic carbocycles. The summed E-state index contributed by atoms with van der Waals surface area (Å²) in [5, 5.41) is 0. The maximum absolute atomic E-state index is 12.9. The lowest BCUT2D eigenvalue weighted by Crippen LogP contribution is -2.39. The summed E-state index contributed by atoms with van der Waals surface area (Å²) in [6, 6.07) is 1.00. The third kappa shape index (κ3) is 3.20. The van der Waals surface area contributed by atoms with Crippen LogP contribution in [-0.2, 0) is 11.3 Å². The third-order valence-electron chi connectivity index (χ3n) is 2.23. The predicted octanol–water partition coefficient (Wildman–Crippen LogP) is 1.41. The van der Waals surface area contributed by atoms with E-state index in [0.717, 1.165) is 12.1 Å². The van der Waals surface area contributed by atoms with Crippen molar-refractivity contribution >= 4 is 5.91 Å². The van der Waals surface area contributed by atoms with Crippen LogP contribution in [0.5, 0.6) is 0 Å². The van der Waals surface area contributed by atoms with Crippen molar-refractivity contribution in [3.63, 3.8) is 0 Å². The molecule has 3 nitrogen and oxygen atoms in total. The van der Waals surface area contributed by atoms with Gasteiger partial charge in [0.1, 0.15) is 0 Å². The highest BCUT2D eigenvalue weighted by Crippen LogP contribution is 2.14. The highest BCUT2D eigenvalue weighted by molar-refractivity contribution is 5.80. The van der Waals surface area contributed by atoms with Crippen LogP contribution in [0.25, 0.3) is 0 Å². The van der Waals surface area contributed by atoms with Gasteiger partial charge in [-0.3, -0.25) is 4.79 Å². The number of amides is 1. The summed E-state index contributed by atoms with van der Waals surface area (Å²) in [5.74, 6) is -4.44. The van der Waals surface area contributed by atoms with Gasteiger partial charge in [0.05, 0.1) is 6.04 Å². The molecule has 1 aromatic rings. The molecule has 0 aliphatic carbocycles. The van der Waals surface area contributed by atoms with Crippen molar-refractivity contribution in [2.45, 2.75) is 19.5 Å². The van der Waals surface area contributed by atoms with Crippen molar-refractivity contribution in [3.8, 4) is 0 Å². The molecule has 0 radical (unpaired) electrons. The summed E-state index contributed by atoms with van der Waals surface area (Å²) in [6.45, 7) is 1.47. The first kappa shape index (κ1) is 13.5. The second kappa shape index (κ2) is 5.18. The summed E-state index contributed by atoms with van der Waals surface area (Å²) in [5.41, 5.74) is 5.54. The Morgan fingerprint density at radius 2 is 1.82 bits per heavy atom. The molecule has 6 heteroatoms. The van der Waals surface area contributed by atoms with Gasteiger partial charge in [-0.25, -0.2) is 13.2 Å². The minimum absolute atomic E-state index is 0.0332. The Morgan fingerprint density at radius 1 is 1.35 bits per heavy atom.